The van der Waals surface area contributed by atoms with Crippen LogP contribution in [0.3, 0.4) is 0 Å². The largest absolute Gasteiger partial charge is 0.673 e. The van der Waals surface area contributed by atoms with Gasteiger partial charge in [0.25, 0.3) is 0 Å². The summed E-state index contributed by atoms with van der Waals surface area (Å²) in [5, 5.41) is 0. The molecule has 0 bridgehead atoms. The minimum atomic E-state index is -0.250. The first-order valence-corrected chi connectivity index (χ1v) is 3.47. The van der Waals surface area contributed by atoms with E-state index in [-0.39, 0.29) is 71.8 Å². The Bertz CT molecular complexity index is 116. The molecule has 1 aliphatic rings. The summed E-state index contributed by atoms with van der Waals surface area (Å²) < 4.78 is 0. The van der Waals surface area contributed by atoms with Crippen molar-refractivity contribution >= 4 is 0 Å². The fourth-order valence-corrected chi connectivity index (χ4v) is 0.340. The molecule has 0 atom stereocenters. The van der Waals surface area contributed by atoms with Crippen LogP contribution in [0.1, 0.15) is 27.2 Å². The molecule has 0 aromatic rings. The Morgan fingerprint density at radius 2 is 1.24 bits per heavy atom. The van der Waals surface area contributed by atoms with Crippen LogP contribution in [0.2, 0.25) is 0 Å². The molecule has 0 spiro atoms. The van der Waals surface area contributed by atoms with E-state index in [4.69, 9.17) is 5.73 Å². The first-order chi connectivity index (χ1) is 4.50. The summed E-state index contributed by atoms with van der Waals surface area (Å²) in [6.07, 6.45) is 10.0. The molecule has 17 heavy (non-hydrogen) atoms. The van der Waals surface area contributed by atoms with Gasteiger partial charge in [0, 0.05) is 21.7 Å². The molecule has 2 heteroatoms. The Morgan fingerprint density at radius 3 is 1.29 bits per heavy atom. The Morgan fingerprint density at radius 1 is 0.941 bits per heavy atom. The maximum atomic E-state index is 6.94. The van der Waals surface area contributed by atoms with Gasteiger partial charge in [0.1, 0.15) is 0 Å². The quantitative estimate of drug-likeness (QED) is 0.391. The third-order valence-electron chi connectivity index (χ3n) is 0.586. The molecule has 1 aliphatic carbocycles. The Hall–Kier alpha value is 0.154. The zero-order valence-corrected chi connectivity index (χ0v) is 15.0. The SMILES string of the molecule is CC(C)(C)[NH-].[C-]1=CC=CC1.[CH3-].[CH3-].[CH3-].[CH3-].[CH3-].[CH3-].[Ti]. The molecule has 0 radical (unpaired) electrons. The van der Waals surface area contributed by atoms with Gasteiger partial charge in [-0.2, -0.15) is 6.08 Å². The fourth-order valence-electron chi connectivity index (χ4n) is 0.340. The molecule has 1 N–H and O–H groups in total. The van der Waals surface area contributed by atoms with E-state index >= 15 is 0 Å². The first-order valence-electron chi connectivity index (χ1n) is 3.47. The van der Waals surface area contributed by atoms with E-state index in [1.807, 2.05) is 32.9 Å². The van der Waals surface area contributed by atoms with Crippen molar-refractivity contribution < 1.29 is 21.7 Å². The van der Waals surface area contributed by atoms with Crippen LogP contribution < -0.4 is 0 Å². The van der Waals surface area contributed by atoms with Gasteiger partial charge >= 0.3 is 0 Å². The predicted molar refractivity (Wildman–Crippen MR) is 84.1 cm³/mol. The van der Waals surface area contributed by atoms with Crippen LogP contribution in [-0.2, 0) is 21.7 Å². The first kappa shape index (κ1) is 53.4. The van der Waals surface area contributed by atoms with E-state index in [0.717, 1.165) is 6.42 Å². The second-order valence-corrected chi connectivity index (χ2v) is 3.25. The van der Waals surface area contributed by atoms with Crippen molar-refractivity contribution in [3.8, 4) is 0 Å². The fraction of sp³-hybridized carbons (Fsp3) is 0.333. The summed E-state index contributed by atoms with van der Waals surface area (Å²) in [6, 6.07) is 0. The molecule has 0 unspecified atom stereocenters. The molecule has 0 fully saturated rings. The zero-order valence-electron chi connectivity index (χ0n) is 13.4. The zero-order chi connectivity index (χ0) is 8.04. The third kappa shape index (κ3) is 122. The van der Waals surface area contributed by atoms with Gasteiger partial charge in [-0.1, -0.05) is 20.8 Å². The number of nitrogens with one attached hydrogen (secondary N) is 1. The molecular weight excluding hydrogens is 242 g/mol. The molecule has 0 aliphatic heterocycles. The summed E-state index contributed by atoms with van der Waals surface area (Å²) >= 11 is 0. The minimum absolute atomic E-state index is 0. The predicted octanol–water partition coefficient (Wildman–Crippen LogP) is 5.84. The number of allylic oxidation sites excluding steroid dienone is 4. The maximum Gasteiger partial charge on any atom is 0 e. The van der Waals surface area contributed by atoms with Crippen molar-refractivity contribution in [2.45, 2.75) is 32.7 Å². The van der Waals surface area contributed by atoms with Gasteiger partial charge in [-0.3, -0.25) is 6.08 Å². The molecular formula is C15H33NTi-8. The van der Waals surface area contributed by atoms with Gasteiger partial charge in [-0.25, -0.2) is 12.2 Å². The van der Waals surface area contributed by atoms with Crippen LogP contribution in [0.5, 0.6) is 0 Å². The summed E-state index contributed by atoms with van der Waals surface area (Å²) in [5.74, 6) is 0. The van der Waals surface area contributed by atoms with Gasteiger partial charge < -0.3 is 50.3 Å². The molecule has 1 nitrogen and oxygen atoms in total. The summed E-state index contributed by atoms with van der Waals surface area (Å²) in [7, 11) is 0. The van der Waals surface area contributed by atoms with Gasteiger partial charge in [0.2, 0.25) is 0 Å². The van der Waals surface area contributed by atoms with Crippen LogP contribution in [-0.4, -0.2) is 5.54 Å². The summed E-state index contributed by atoms with van der Waals surface area (Å²) in [4.78, 5) is 0. The van der Waals surface area contributed by atoms with Crippen LogP contribution >= 0.6 is 0 Å². The van der Waals surface area contributed by atoms with Crippen molar-refractivity contribution in [3.05, 3.63) is 74.6 Å². The maximum absolute atomic E-state index is 6.94. The average Bonchev–Trinajstić information content (AvgIpc) is 2.07. The summed E-state index contributed by atoms with van der Waals surface area (Å²) in [5.41, 5.74) is 6.69. The molecule has 110 valence electrons. The van der Waals surface area contributed by atoms with E-state index in [0.29, 0.717) is 0 Å². The third-order valence-corrected chi connectivity index (χ3v) is 0.586. The average molecular weight is 275 g/mol. The normalized spacial score (nSPS) is 8.71. The molecule has 0 saturated carbocycles. The van der Waals surface area contributed by atoms with Crippen molar-refractivity contribution in [2.24, 2.45) is 0 Å². The Kier molecular flexibility index (Phi) is 93.7. The molecule has 0 saturated heterocycles. The van der Waals surface area contributed by atoms with E-state index in [2.05, 4.69) is 12.2 Å². The van der Waals surface area contributed by atoms with E-state index in [9.17, 15) is 0 Å². The van der Waals surface area contributed by atoms with Crippen LogP contribution in [0.15, 0.2) is 18.2 Å². The monoisotopic (exact) mass is 275 g/mol. The molecule has 0 amide bonds. The van der Waals surface area contributed by atoms with Gasteiger partial charge in [-0.15, -0.1) is 12.0 Å². The van der Waals surface area contributed by atoms with Crippen molar-refractivity contribution in [2.75, 3.05) is 0 Å². The van der Waals surface area contributed by atoms with Crippen LogP contribution in [0.4, 0.5) is 0 Å². The second-order valence-electron chi connectivity index (χ2n) is 3.25. The topological polar surface area (TPSA) is 23.8 Å². The Balaban J connectivity index is -0.0000000112. The van der Waals surface area contributed by atoms with Crippen molar-refractivity contribution in [1.29, 1.82) is 0 Å². The number of rotatable bonds is 0. The van der Waals surface area contributed by atoms with Gasteiger partial charge in [0.15, 0.2) is 0 Å². The number of hydrogen-bond donors (Lipinski definition) is 0. The molecule has 1 rings (SSSR count). The van der Waals surface area contributed by atoms with E-state index < -0.39 is 0 Å². The molecule has 0 heterocycles. The summed E-state index contributed by atoms with van der Waals surface area (Å²) in [6.45, 7) is 5.56. The van der Waals surface area contributed by atoms with Crippen molar-refractivity contribution in [1.82, 2.24) is 0 Å². The van der Waals surface area contributed by atoms with E-state index in [1.165, 1.54) is 0 Å². The number of hydrogen-bond acceptors (Lipinski definition) is 0. The van der Waals surface area contributed by atoms with Crippen LogP contribution in [0, 0.1) is 50.6 Å². The second kappa shape index (κ2) is 29.8. The van der Waals surface area contributed by atoms with Crippen molar-refractivity contribution in [3.63, 3.8) is 0 Å². The van der Waals surface area contributed by atoms with E-state index in [1.54, 1.807) is 0 Å². The van der Waals surface area contributed by atoms with Gasteiger partial charge in [0.05, 0.1) is 0 Å². The minimum Gasteiger partial charge on any atom is -0.673 e. The molecule has 0 aromatic carbocycles. The van der Waals surface area contributed by atoms with Crippen LogP contribution in [0.25, 0.3) is 5.73 Å². The van der Waals surface area contributed by atoms with Gasteiger partial charge in [-0.05, 0) is 0 Å². The molecule has 0 aromatic heterocycles. The standard InChI is InChI=1S/C5H5.C4H10N.6CH3.Ti/c1-2-4-5-3-1;1-4(2,3)5;;;;;;;/h1-3H,4H2;5H,1-3H3;6*1H3;/q8*-1;. The smallest absolute Gasteiger partial charge is 0 e. The Labute approximate surface area is 129 Å².